The quantitative estimate of drug-likeness (QED) is 0.434. The summed E-state index contributed by atoms with van der Waals surface area (Å²) >= 11 is 0. The van der Waals surface area contributed by atoms with Crippen LogP contribution in [0.1, 0.15) is 28.8 Å². The van der Waals surface area contributed by atoms with Gasteiger partial charge in [-0.1, -0.05) is 36.4 Å². The Hall–Kier alpha value is -3.71. The first kappa shape index (κ1) is 21.5. The fourth-order valence-corrected chi connectivity index (χ4v) is 3.76. The highest BCUT2D eigenvalue weighted by atomic mass is 16.6. The summed E-state index contributed by atoms with van der Waals surface area (Å²) in [6.07, 6.45) is 1.20. The van der Waals surface area contributed by atoms with Crippen LogP contribution in [-0.4, -0.2) is 48.9 Å². The summed E-state index contributed by atoms with van der Waals surface area (Å²) in [4.78, 5) is 27.0. The standard InChI is InChI=1S/C25H26N4O3/c1-29-13-11-21(12-14-29)27-24(30)20-10-8-17-15-19(9-7-18(17)16-20)23(26)28-25(31)32-22-5-3-2-4-6-22/h2-10,15-16,21H,11-14H2,1H3,(H,27,30)(H2,26,28,31). The van der Waals surface area contributed by atoms with E-state index in [0.29, 0.717) is 16.9 Å². The molecule has 164 valence electrons. The van der Waals surface area contributed by atoms with Crippen molar-refractivity contribution in [1.29, 1.82) is 5.41 Å². The van der Waals surface area contributed by atoms with Crippen LogP contribution in [0.15, 0.2) is 66.7 Å². The fourth-order valence-electron chi connectivity index (χ4n) is 3.76. The number of nitrogens with one attached hydrogen (secondary N) is 3. The van der Waals surface area contributed by atoms with Gasteiger partial charge < -0.3 is 15.0 Å². The number of rotatable bonds is 4. The van der Waals surface area contributed by atoms with Crippen LogP contribution in [0.5, 0.6) is 5.75 Å². The van der Waals surface area contributed by atoms with Gasteiger partial charge >= 0.3 is 6.09 Å². The van der Waals surface area contributed by atoms with Crippen molar-refractivity contribution in [2.75, 3.05) is 20.1 Å². The van der Waals surface area contributed by atoms with E-state index in [1.54, 1.807) is 42.5 Å². The van der Waals surface area contributed by atoms with Crippen LogP contribution in [0.4, 0.5) is 4.79 Å². The van der Waals surface area contributed by atoms with E-state index in [-0.39, 0.29) is 17.8 Å². The number of hydrogen-bond acceptors (Lipinski definition) is 5. The molecule has 3 N–H and O–H groups in total. The third kappa shape index (κ3) is 5.31. The molecule has 0 unspecified atom stereocenters. The van der Waals surface area contributed by atoms with Crippen molar-refractivity contribution in [2.45, 2.75) is 18.9 Å². The minimum absolute atomic E-state index is 0.0584. The number of hydrogen-bond donors (Lipinski definition) is 3. The zero-order chi connectivity index (χ0) is 22.5. The molecular weight excluding hydrogens is 404 g/mol. The first-order valence-electron chi connectivity index (χ1n) is 10.6. The fraction of sp³-hybridized carbons (Fsp3) is 0.240. The number of piperidine rings is 1. The molecule has 1 aliphatic heterocycles. The van der Waals surface area contributed by atoms with Crippen molar-refractivity contribution >= 4 is 28.6 Å². The van der Waals surface area contributed by atoms with Crippen molar-refractivity contribution in [1.82, 2.24) is 15.5 Å². The summed E-state index contributed by atoms with van der Waals surface area (Å²) in [5.41, 5.74) is 1.16. The molecule has 7 nitrogen and oxygen atoms in total. The largest absolute Gasteiger partial charge is 0.418 e. The lowest BCUT2D eigenvalue weighted by Crippen LogP contribution is -2.43. The molecule has 7 heteroatoms. The first-order chi connectivity index (χ1) is 15.5. The number of fused-ring (bicyclic) bond motifs is 1. The van der Waals surface area contributed by atoms with Gasteiger partial charge in [0.25, 0.3) is 5.91 Å². The second-order valence-electron chi connectivity index (χ2n) is 8.03. The molecule has 2 amide bonds. The Balaban J connectivity index is 1.40. The second-order valence-corrected chi connectivity index (χ2v) is 8.03. The lowest BCUT2D eigenvalue weighted by molar-refractivity contribution is 0.0917. The molecule has 4 rings (SSSR count). The van der Waals surface area contributed by atoms with E-state index in [1.807, 2.05) is 24.3 Å². The molecule has 32 heavy (non-hydrogen) atoms. The van der Waals surface area contributed by atoms with Crippen molar-refractivity contribution in [2.24, 2.45) is 0 Å². The molecule has 0 radical (unpaired) electrons. The Morgan fingerprint density at radius 3 is 2.25 bits per heavy atom. The van der Waals surface area contributed by atoms with Gasteiger partial charge in [0.15, 0.2) is 0 Å². The molecule has 1 fully saturated rings. The normalized spacial score (nSPS) is 14.7. The molecule has 1 heterocycles. The summed E-state index contributed by atoms with van der Waals surface area (Å²) < 4.78 is 5.17. The summed E-state index contributed by atoms with van der Waals surface area (Å²) in [6, 6.07) is 19.8. The van der Waals surface area contributed by atoms with Gasteiger partial charge in [0.1, 0.15) is 11.6 Å². The number of carbonyl (C=O) groups excluding carboxylic acids is 2. The summed E-state index contributed by atoms with van der Waals surface area (Å²) in [5.74, 6) is 0.280. The minimum Gasteiger partial charge on any atom is -0.410 e. The average Bonchev–Trinajstić information content (AvgIpc) is 2.80. The van der Waals surface area contributed by atoms with E-state index in [1.165, 1.54) is 0 Å². The highest BCUT2D eigenvalue weighted by Crippen LogP contribution is 2.19. The topological polar surface area (TPSA) is 94.5 Å². The average molecular weight is 431 g/mol. The number of nitrogens with zero attached hydrogens (tertiary/aromatic N) is 1. The van der Waals surface area contributed by atoms with Gasteiger partial charge in [0.05, 0.1) is 0 Å². The molecule has 0 spiro atoms. The summed E-state index contributed by atoms with van der Waals surface area (Å²) in [5, 5.41) is 15.5. The molecular formula is C25H26N4O3. The van der Waals surface area contributed by atoms with Gasteiger partial charge in [-0.2, -0.15) is 0 Å². The highest BCUT2D eigenvalue weighted by Gasteiger charge is 2.19. The van der Waals surface area contributed by atoms with Crippen LogP contribution < -0.4 is 15.4 Å². The summed E-state index contributed by atoms with van der Waals surface area (Å²) in [6.45, 7) is 1.98. The molecule has 1 saturated heterocycles. The molecule has 0 bridgehead atoms. The van der Waals surface area contributed by atoms with Crippen LogP contribution in [0.25, 0.3) is 10.8 Å². The Morgan fingerprint density at radius 2 is 1.56 bits per heavy atom. The van der Waals surface area contributed by atoms with Crippen LogP contribution in [0, 0.1) is 5.41 Å². The van der Waals surface area contributed by atoms with Crippen LogP contribution >= 0.6 is 0 Å². The van der Waals surface area contributed by atoms with E-state index < -0.39 is 6.09 Å². The number of amidine groups is 1. The van der Waals surface area contributed by atoms with Gasteiger partial charge in [0.2, 0.25) is 0 Å². The zero-order valence-corrected chi connectivity index (χ0v) is 17.9. The van der Waals surface area contributed by atoms with Crippen molar-refractivity contribution in [3.63, 3.8) is 0 Å². The van der Waals surface area contributed by atoms with Crippen LogP contribution in [-0.2, 0) is 0 Å². The van der Waals surface area contributed by atoms with Gasteiger partial charge in [-0.15, -0.1) is 0 Å². The highest BCUT2D eigenvalue weighted by molar-refractivity contribution is 6.07. The number of amides is 2. The van der Waals surface area contributed by atoms with E-state index in [9.17, 15) is 9.59 Å². The second kappa shape index (κ2) is 9.62. The SMILES string of the molecule is CN1CCC(NC(=O)c2ccc3cc(C(=N)NC(=O)Oc4ccccc4)ccc3c2)CC1. The van der Waals surface area contributed by atoms with E-state index in [2.05, 4.69) is 22.6 Å². The van der Waals surface area contributed by atoms with Gasteiger partial charge in [0, 0.05) is 17.2 Å². The number of benzene rings is 3. The zero-order valence-electron chi connectivity index (χ0n) is 17.9. The maximum absolute atomic E-state index is 12.7. The van der Waals surface area contributed by atoms with E-state index in [4.69, 9.17) is 10.1 Å². The maximum atomic E-state index is 12.7. The lowest BCUT2D eigenvalue weighted by Gasteiger charge is -2.29. The minimum atomic E-state index is -0.720. The Labute approximate surface area is 186 Å². The number of para-hydroxylation sites is 1. The molecule has 3 aromatic carbocycles. The van der Waals surface area contributed by atoms with E-state index in [0.717, 1.165) is 36.7 Å². The first-order valence-corrected chi connectivity index (χ1v) is 10.6. The van der Waals surface area contributed by atoms with Crippen LogP contribution in [0.2, 0.25) is 0 Å². The molecule has 0 atom stereocenters. The molecule has 0 aromatic heterocycles. The molecule has 3 aromatic rings. The molecule has 1 aliphatic rings. The smallest absolute Gasteiger partial charge is 0.410 e. The summed E-state index contributed by atoms with van der Waals surface area (Å²) in [7, 11) is 2.09. The predicted molar refractivity (Wildman–Crippen MR) is 124 cm³/mol. The Kier molecular flexibility index (Phi) is 6.47. The van der Waals surface area contributed by atoms with Gasteiger partial charge in [-0.3, -0.25) is 15.5 Å². The molecule has 0 aliphatic carbocycles. The lowest BCUT2D eigenvalue weighted by atomic mass is 10.0. The van der Waals surface area contributed by atoms with E-state index >= 15 is 0 Å². The van der Waals surface area contributed by atoms with Crippen LogP contribution in [0.3, 0.4) is 0 Å². The Morgan fingerprint density at radius 1 is 0.938 bits per heavy atom. The third-order valence-corrected chi connectivity index (χ3v) is 5.63. The number of likely N-dealkylation sites (tertiary alicyclic amines) is 1. The maximum Gasteiger partial charge on any atom is 0.418 e. The monoisotopic (exact) mass is 430 g/mol. The van der Waals surface area contributed by atoms with Crippen molar-refractivity contribution < 1.29 is 14.3 Å². The van der Waals surface area contributed by atoms with Gasteiger partial charge in [-0.05, 0) is 74.1 Å². The molecule has 0 saturated carbocycles. The Bertz CT molecular complexity index is 1140. The third-order valence-electron chi connectivity index (χ3n) is 5.63. The number of ether oxygens (including phenoxy) is 1. The van der Waals surface area contributed by atoms with Crippen molar-refractivity contribution in [3.8, 4) is 5.75 Å². The number of carbonyl (C=O) groups is 2. The van der Waals surface area contributed by atoms with Gasteiger partial charge in [-0.25, -0.2) is 4.79 Å². The van der Waals surface area contributed by atoms with Crippen molar-refractivity contribution in [3.05, 3.63) is 77.9 Å². The predicted octanol–water partition coefficient (Wildman–Crippen LogP) is 3.78.